The maximum absolute atomic E-state index is 11.2. The molecule has 2 unspecified atom stereocenters. The second-order valence-corrected chi connectivity index (χ2v) is 7.36. The average Bonchev–Trinajstić information content (AvgIpc) is 2.66. The SMILES string of the molecule is CCCOC(CCC)(CCC)C(CO)(C(O)CCC)C(CO)(CO)OCO. The van der Waals surface area contributed by atoms with Gasteiger partial charge in [-0.25, -0.2) is 0 Å². The van der Waals surface area contributed by atoms with Gasteiger partial charge in [0.05, 0.1) is 36.9 Å². The normalized spacial score (nSPS) is 16.3. The summed E-state index contributed by atoms with van der Waals surface area (Å²) >= 11 is 0. The van der Waals surface area contributed by atoms with E-state index in [1.165, 1.54) is 0 Å². The van der Waals surface area contributed by atoms with Crippen LogP contribution in [0, 0.1) is 5.41 Å². The van der Waals surface area contributed by atoms with Gasteiger partial charge in [-0.05, 0) is 25.7 Å². The predicted octanol–water partition coefficient (Wildman–Crippen LogP) is 1.58. The first-order valence-electron chi connectivity index (χ1n) is 10.3. The molecule has 0 aliphatic rings. The van der Waals surface area contributed by atoms with E-state index in [1.807, 2.05) is 27.7 Å². The van der Waals surface area contributed by atoms with Crippen molar-refractivity contribution in [2.24, 2.45) is 5.41 Å². The van der Waals surface area contributed by atoms with E-state index in [-0.39, 0.29) is 0 Å². The molecule has 0 aromatic carbocycles. The summed E-state index contributed by atoms with van der Waals surface area (Å²) in [5, 5.41) is 51.9. The molecular weight excluding hydrogens is 352 g/mol. The summed E-state index contributed by atoms with van der Waals surface area (Å²) in [7, 11) is 0. The summed E-state index contributed by atoms with van der Waals surface area (Å²) in [5.74, 6) is 0. The molecular formula is C20H42O7. The third-order valence-electron chi connectivity index (χ3n) is 5.75. The van der Waals surface area contributed by atoms with E-state index in [2.05, 4.69) is 0 Å². The first-order chi connectivity index (χ1) is 12.9. The zero-order valence-corrected chi connectivity index (χ0v) is 17.6. The van der Waals surface area contributed by atoms with Crippen LogP contribution < -0.4 is 0 Å². The Morgan fingerprint density at radius 2 is 1.26 bits per heavy atom. The molecule has 0 heterocycles. The zero-order valence-electron chi connectivity index (χ0n) is 17.6. The lowest BCUT2D eigenvalue weighted by Crippen LogP contribution is -2.73. The summed E-state index contributed by atoms with van der Waals surface area (Å²) in [5.41, 5.74) is -4.30. The molecule has 7 nitrogen and oxygen atoms in total. The van der Waals surface area contributed by atoms with Crippen LogP contribution >= 0.6 is 0 Å². The molecule has 5 N–H and O–H groups in total. The molecule has 2 atom stereocenters. The van der Waals surface area contributed by atoms with E-state index in [9.17, 15) is 25.5 Å². The van der Waals surface area contributed by atoms with E-state index < -0.39 is 49.3 Å². The van der Waals surface area contributed by atoms with Crippen molar-refractivity contribution in [2.75, 3.05) is 33.2 Å². The van der Waals surface area contributed by atoms with Crippen LogP contribution in [0.5, 0.6) is 0 Å². The van der Waals surface area contributed by atoms with Gasteiger partial charge in [-0.15, -0.1) is 0 Å². The quantitative estimate of drug-likeness (QED) is 0.238. The Morgan fingerprint density at radius 1 is 0.704 bits per heavy atom. The van der Waals surface area contributed by atoms with Gasteiger partial charge in [-0.3, -0.25) is 0 Å². The van der Waals surface area contributed by atoms with Crippen LogP contribution in [0.4, 0.5) is 0 Å². The third-order valence-corrected chi connectivity index (χ3v) is 5.75. The van der Waals surface area contributed by atoms with E-state index in [1.54, 1.807) is 0 Å². The molecule has 164 valence electrons. The van der Waals surface area contributed by atoms with Crippen molar-refractivity contribution in [2.45, 2.75) is 89.9 Å². The Morgan fingerprint density at radius 3 is 1.59 bits per heavy atom. The summed E-state index contributed by atoms with van der Waals surface area (Å²) in [4.78, 5) is 0. The number of aliphatic hydroxyl groups excluding tert-OH is 5. The molecule has 27 heavy (non-hydrogen) atoms. The highest BCUT2D eigenvalue weighted by molar-refractivity contribution is 5.15. The standard InChI is InChI=1S/C20H42O7/c1-5-9-17(25)20(15-23,19(13-21,14-22)27-16-24)18(10-6-2,11-7-3)26-12-8-4/h17,21-25H,5-16H2,1-4H3. The van der Waals surface area contributed by atoms with Crippen molar-refractivity contribution in [1.82, 2.24) is 0 Å². The molecule has 0 saturated carbocycles. The van der Waals surface area contributed by atoms with Gasteiger partial charge in [0.25, 0.3) is 0 Å². The Hall–Kier alpha value is -0.280. The molecule has 0 aromatic rings. The molecule has 0 bridgehead atoms. The van der Waals surface area contributed by atoms with Crippen molar-refractivity contribution in [1.29, 1.82) is 0 Å². The second-order valence-electron chi connectivity index (χ2n) is 7.36. The Labute approximate surface area is 164 Å². The van der Waals surface area contributed by atoms with Gasteiger partial charge in [0.2, 0.25) is 0 Å². The van der Waals surface area contributed by atoms with E-state index in [0.717, 1.165) is 19.3 Å². The maximum atomic E-state index is 11.2. The second kappa shape index (κ2) is 13.0. The fourth-order valence-corrected chi connectivity index (χ4v) is 4.56. The third kappa shape index (κ3) is 5.21. The smallest absolute Gasteiger partial charge is 0.144 e. The summed E-state index contributed by atoms with van der Waals surface area (Å²) in [6.45, 7) is 5.61. The lowest BCUT2D eigenvalue weighted by molar-refractivity contribution is -0.316. The number of aliphatic hydroxyl groups is 5. The van der Waals surface area contributed by atoms with Gasteiger partial charge in [0.1, 0.15) is 12.4 Å². The lowest BCUT2D eigenvalue weighted by Gasteiger charge is -2.59. The van der Waals surface area contributed by atoms with Crippen LogP contribution in [0.3, 0.4) is 0 Å². The largest absolute Gasteiger partial charge is 0.395 e. The van der Waals surface area contributed by atoms with Crippen LogP contribution in [0.1, 0.15) is 72.6 Å². The van der Waals surface area contributed by atoms with Crippen LogP contribution in [-0.2, 0) is 9.47 Å². The lowest BCUT2D eigenvalue weighted by atomic mass is 9.55. The van der Waals surface area contributed by atoms with Gasteiger partial charge in [-0.1, -0.05) is 47.0 Å². The molecule has 0 rings (SSSR count). The van der Waals surface area contributed by atoms with Crippen LogP contribution in [0.15, 0.2) is 0 Å². The zero-order chi connectivity index (χ0) is 21.0. The molecule has 0 radical (unpaired) electrons. The molecule has 0 amide bonds. The van der Waals surface area contributed by atoms with Crippen molar-refractivity contribution >= 4 is 0 Å². The Balaban J connectivity index is 6.84. The van der Waals surface area contributed by atoms with Crippen molar-refractivity contribution in [3.05, 3.63) is 0 Å². The number of hydrogen-bond donors (Lipinski definition) is 5. The fourth-order valence-electron chi connectivity index (χ4n) is 4.56. The number of ether oxygens (including phenoxy) is 2. The summed E-state index contributed by atoms with van der Waals surface area (Å²) in [6.07, 6.45) is 3.07. The van der Waals surface area contributed by atoms with E-state index >= 15 is 0 Å². The van der Waals surface area contributed by atoms with Gasteiger partial charge >= 0.3 is 0 Å². The van der Waals surface area contributed by atoms with Gasteiger partial charge in [-0.2, -0.15) is 0 Å². The topological polar surface area (TPSA) is 120 Å². The molecule has 0 aromatic heterocycles. The molecule has 0 spiro atoms. The van der Waals surface area contributed by atoms with Gasteiger partial charge in [0, 0.05) is 6.61 Å². The minimum atomic E-state index is -1.76. The fraction of sp³-hybridized carbons (Fsp3) is 1.00. The van der Waals surface area contributed by atoms with Crippen LogP contribution in [0.25, 0.3) is 0 Å². The molecule has 0 fully saturated rings. The van der Waals surface area contributed by atoms with Gasteiger partial charge in [0.15, 0.2) is 0 Å². The Bertz CT molecular complexity index is 367. The number of rotatable bonds is 17. The summed E-state index contributed by atoms with van der Waals surface area (Å²) in [6, 6.07) is 0. The van der Waals surface area contributed by atoms with Crippen LogP contribution in [0.2, 0.25) is 0 Å². The average molecular weight is 395 g/mol. The maximum Gasteiger partial charge on any atom is 0.144 e. The van der Waals surface area contributed by atoms with E-state index in [4.69, 9.17) is 9.47 Å². The molecule has 0 saturated heterocycles. The monoisotopic (exact) mass is 394 g/mol. The first-order valence-corrected chi connectivity index (χ1v) is 10.3. The van der Waals surface area contributed by atoms with Crippen molar-refractivity contribution in [3.63, 3.8) is 0 Å². The van der Waals surface area contributed by atoms with Crippen molar-refractivity contribution in [3.8, 4) is 0 Å². The Kier molecular flexibility index (Phi) is 12.9. The predicted molar refractivity (Wildman–Crippen MR) is 104 cm³/mol. The minimum Gasteiger partial charge on any atom is -0.395 e. The molecule has 0 aliphatic carbocycles. The van der Waals surface area contributed by atoms with Crippen molar-refractivity contribution < 1.29 is 35.0 Å². The molecule has 7 heteroatoms. The highest BCUT2D eigenvalue weighted by atomic mass is 16.6. The molecule has 0 aliphatic heterocycles. The number of hydrogen-bond acceptors (Lipinski definition) is 7. The highest BCUT2D eigenvalue weighted by Gasteiger charge is 2.66. The first kappa shape index (κ1) is 26.7. The van der Waals surface area contributed by atoms with Crippen LogP contribution in [-0.4, -0.2) is 76.1 Å². The summed E-state index contributed by atoms with van der Waals surface area (Å²) < 4.78 is 11.8. The minimum absolute atomic E-state index is 0.335. The van der Waals surface area contributed by atoms with E-state index in [0.29, 0.717) is 32.3 Å². The van der Waals surface area contributed by atoms with Gasteiger partial charge < -0.3 is 35.0 Å². The highest BCUT2D eigenvalue weighted by Crippen LogP contribution is 2.53.